The summed E-state index contributed by atoms with van der Waals surface area (Å²) < 4.78 is 5.87. The molecular formula is C37H53NO5. The van der Waals surface area contributed by atoms with Gasteiger partial charge in [-0.3, -0.25) is 14.4 Å². The van der Waals surface area contributed by atoms with Crippen LogP contribution in [-0.2, 0) is 24.0 Å². The Kier molecular flexibility index (Phi) is 6.86. The molecule has 0 radical (unpaired) electrons. The molecule has 0 spiro atoms. The maximum atomic E-state index is 14.6. The minimum atomic E-state index is -0.577. The lowest BCUT2D eigenvalue weighted by Gasteiger charge is -2.70. The Morgan fingerprint density at radius 2 is 1.60 bits per heavy atom. The molecular weight excluding hydrogens is 538 g/mol. The quantitative estimate of drug-likeness (QED) is 0.193. The Morgan fingerprint density at radius 1 is 0.930 bits per heavy atom. The normalized spacial score (nSPS) is 46.5. The smallest absolute Gasteiger partial charge is 0.302 e. The van der Waals surface area contributed by atoms with Gasteiger partial charge in [0.05, 0.1) is 11.5 Å². The molecule has 1 unspecified atom stereocenters. The first-order valence-electron chi connectivity index (χ1n) is 16.9. The van der Waals surface area contributed by atoms with Gasteiger partial charge in [-0.15, -0.1) is 0 Å². The molecule has 6 nitrogen and oxygen atoms in total. The van der Waals surface area contributed by atoms with Crippen molar-refractivity contribution in [3.63, 3.8) is 0 Å². The Morgan fingerprint density at radius 3 is 2.23 bits per heavy atom. The van der Waals surface area contributed by atoms with Gasteiger partial charge in [0, 0.05) is 18.3 Å². The molecule has 0 aliphatic heterocycles. The molecule has 1 amide bonds. The van der Waals surface area contributed by atoms with E-state index in [-0.39, 0.29) is 68.7 Å². The van der Waals surface area contributed by atoms with Gasteiger partial charge < -0.3 is 9.57 Å². The van der Waals surface area contributed by atoms with E-state index in [4.69, 9.17) is 16.0 Å². The first-order chi connectivity index (χ1) is 20.0. The van der Waals surface area contributed by atoms with Crippen LogP contribution < -0.4 is 0 Å². The second kappa shape index (κ2) is 9.60. The molecule has 236 valence electrons. The fourth-order valence-corrected chi connectivity index (χ4v) is 11.7. The fourth-order valence-electron chi connectivity index (χ4n) is 11.7. The third-order valence-corrected chi connectivity index (χ3v) is 14.6. The van der Waals surface area contributed by atoms with Gasteiger partial charge in [0.25, 0.3) is 5.91 Å². The number of allylic oxidation sites excluding steroid dienone is 2. The molecule has 0 aromatic carbocycles. The summed E-state index contributed by atoms with van der Waals surface area (Å²) in [5.41, 5.74) is 0.140. The van der Waals surface area contributed by atoms with Crippen LogP contribution in [0.3, 0.4) is 0 Å². The van der Waals surface area contributed by atoms with Crippen molar-refractivity contribution >= 4 is 17.7 Å². The average Bonchev–Trinajstić information content (AvgIpc) is 3.76. The lowest BCUT2D eigenvalue weighted by molar-refractivity contribution is -0.211. The Labute approximate surface area is 259 Å². The topological polar surface area (TPSA) is 72.9 Å². The van der Waals surface area contributed by atoms with Gasteiger partial charge in [-0.2, -0.15) is 5.06 Å². The first kappa shape index (κ1) is 30.7. The highest BCUT2D eigenvalue weighted by Gasteiger charge is 2.70. The number of fused-ring (bicyclic) bond motifs is 7. The number of terminal acetylenes is 1. The van der Waals surface area contributed by atoms with Crippen LogP contribution >= 0.6 is 0 Å². The van der Waals surface area contributed by atoms with Gasteiger partial charge in [0.1, 0.15) is 12.2 Å². The SMILES string of the molecule is C#CON(C(=O)[C@@]1(C)CC[C@]2(C)CC[C@]3(C)C(=CC(=O)[C@@H]4[C@@]5(C)CC[C@H](OC(C)=O)C(C)(C)C5CC[C@]43C)[C@@H]2C1)C1CC1. The molecule has 0 heterocycles. The minimum Gasteiger partial charge on any atom is -0.462 e. The van der Waals surface area contributed by atoms with Crippen molar-refractivity contribution in [1.29, 1.82) is 0 Å². The van der Waals surface area contributed by atoms with Crippen molar-refractivity contribution in [3.8, 4) is 12.5 Å². The van der Waals surface area contributed by atoms with Crippen LogP contribution in [0.15, 0.2) is 11.6 Å². The van der Waals surface area contributed by atoms with E-state index in [2.05, 4.69) is 60.6 Å². The number of esters is 1. The lowest BCUT2D eigenvalue weighted by Crippen LogP contribution is -2.66. The van der Waals surface area contributed by atoms with Gasteiger partial charge in [-0.05, 0) is 110 Å². The van der Waals surface area contributed by atoms with E-state index in [1.165, 1.54) is 17.6 Å². The molecule has 5 fully saturated rings. The summed E-state index contributed by atoms with van der Waals surface area (Å²) in [6.07, 6.45) is 20.0. The average molecular weight is 592 g/mol. The number of rotatable bonds is 4. The molecule has 6 rings (SSSR count). The van der Waals surface area contributed by atoms with Crippen LogP contribution in [0.5, 0.6) is 0 Å². The summed E-state index contributed by atoms with van der Waals surface area (Å²) in [6.45, 7) is 17.7. The maximum absolute atomic E-state index is 14.6. The van der Waals surface area contributed by atoms with Crippen molar-refractivity contribution < 1.29 is 24.0 Å². The standard InChI is InChI=1S/C37H53NO5/c1-10-42-38(24-11-12-24)31(41)34(6)18-17-33(5)19-20-36(8)25(26(33)22-34)21-27(40)30-35(7)15-14-29(43-23(2)39)32(3,4)28(35)13-16-37(30,36)9/h1,21,24,26,28-30H,11-20,22H2,2-9H3/t26-,28?,29-,30+,33+,34-,35-,36+,37+/m0/s1. The largest absolute Gasteiger partial charge is 0.462 e. The molecule has 43 heavy (non-hydrogen) atoms. The number of nitrogens with zero attached hydrogens (tertiary/aromatic N) is 1. The van der Waals surface area contributed by atoms with Gasteiger partial charge >= 0.3 is 5.97 Å². The second-order valence-corrected chi connectivity index (χ2v) is 17.3. The van der Waals surface area contributed by atoms with Crippen molar-refractivity contribution in [2.45, 2.75) is 138 Å². The van der Waals surface area contributed by atoms with Crippen LogP contribution in [0.1, 0.15) is 126 Å². The number of hydrogen-bond acceptors (Lipinski definition) is 5. The van der Waals surface area contributed by atoms with E-state index in [1.54, 1.807) is 0 Å². The van der Waals surface area contributed by atoms with Crippen molar-refractivity contribution in [2.75, 3.05) is 0 Å². The first-order valence-corrected chi connectivity index (χ1v) is 16.9. The molecule has 5 saturated carbocycles. The van der Waals surface area contributed by atoms with Gasteiger partial charge in [-0.1, -0.05) is 60.5 Å². The van der Waals surface area contributed by atoms with Crippen LogP contribution in [0.4, 0.5) is 0 Å². The van der Waals surface area contributed by atoms with E-state index < -0.39 is 5.41 Å². The monoisotopic (exact) mass is 591 g/mol. The number of hydrogen-bond donors (Lipinski definition) is 0. The number of amides is 1. The number of ketones is 1. The van der Waals surface area contributed by atoms with Crippen molar-refractivity contribution in [2.24, 2.45) is 50.2 Å². The fraction of sp³-hybridized carbons (Fsp3) is 0.811. The van der Waals surface area contributed by atoms with Gasteiger partial charge in [-0.25, -0.2) is 0 Å². The van der Waals surface area contributed by atoms with E-state index in [0.717, 1.165) is 70.6 Å². The van der Waals surface area contributed by atoms with Gasteiger partial charge in [0.2, 0.25) is 0 Å². The third kappa shape index (κ3) is 4.22. The zero-order chi connectivity index (χ0) is 31.4. The molecule has 6 aliphatic rings. The van der Waals surface area contributed by atoms with Crippen LogP contribution in [0, 0.1) is 62.8 Å². The Bertz CT molecular complexity index is 1310. The van der Waals surface area contributed by atoms with Crippen molar-refractivity contribution in [1.82, 2.24) is 5.06 Å². The summed E-state index contributed by atoms with van der Waals surface area (Å²) >= 11 is 0. The summed E-state index contributed by atoms with van der Waals surface area (Å²) in [6, 6.07) is 0.0802. The molecule has 0 bridgehead atoms. The van der Waals surface area contributed by atoms with E-state index in [1.807, 2.05) is 0 Å². The lowest BCUT2D eigenvalue weighted by atomic mass is 9.33. The highest BCUT2D eigenvalue weighted by atomic mass is 16.7. The summed E-state index contributed by atoms with van der Waals surface area (Å²) in [4.78, 5) is 46.1. The third-order valence-electron chi connectivity index (χ3n) is 14.6. The van der Waals surface area contributed by atoms with Gasteiger partial charge in [0.15, 0.2) is 5.78 Å². The van der Waals surface area contributed by atoms with E-state index >= 15 is 0 Å². The molecule has 6 aliphatic carbocycles. The predicted octanol–water partition coefficient (Wildman–Crippen LogP) is 7.41. The number of carbonyl (C=O) groups is 3. The highest BCUT2D eigenvalue weighted by molar-refractivity contribution is 5.95. The highest BCUT2D eigenvalue weighted by Crippen LogP contribution is 2.75. The minimum absolute atomic E-state index is 0.00823. The predicted molar refractivity (Wildman–Crippen MR) is 165 cm³/mol. The Hall–Kier alpha value is -2.29. The van der Waals surface area contributed by atoms with Crippen molar-refractivity contribution in [3.05, 3.63) is 11.6 Å². The second-order valence-electron chi connectivity index (χ2n) is 17.3. The zero-order valence-electron chi connectivity index (χ0n) is 27.8. The molecule has 0 N–H and O–H groups in total. The van der Waals surface area contributed by atoms with E-state index in [0.29, 0.717) is 5.92 Å². The molecule has 0 aromatic rings. The summed E-state index contributed by atoms with van der Waals surface area (Å²) in [7, 11) is 0. The number of hydroxylamine groups is 2. The van der Waals surface area contributed by atoms with Crippen LogP contribution in [0.25, 0.3) is 0 Å². The zero-order valence-corrected chi connectivity index (χ0v) is 27.8. The summed E-state index contributed by atoms with van der Waals surface area (Å²) in [5, 5.41) is 1.48. The Balaban J connectivity index is 1.37. The van der Waals surface area contributed by atoms with Crippen LogP contribution in [0.2, 0.25) is 0 Å². The molecule has 6 heteroatoms. The summed E-state index contributed by atoms with van der Waals surface area (Å²) in [5.74, 6) is 0.471. The van der Waals surface area contributed by atoms with Crippen LogP contribution in [-0.4, -0.2) is 34.9 Å². The maximum Gasteiger partial charge on any atom is 0.302 e. The van der Waals surface area contributed by atoms with E-state index in [9.17, 15) is 14.4 Å². The molecule has 9 atom stereocenters. The molecule has 0 saturated heterocycles. The number of carbonyl (C=O) groups excluding carboxylic acids is 3. The number of ether oxygens (including phenoxy) is 1. The molecule has 0 aromatic heterocycles.